The van der Waals surface area contributed by atoms with Gasteiger partial charge in [-0.2, -0.15) is 5.10 Å². The molecule has 0 N–H and O–H groups in total. The van der Waals surface area contributed by atoms with Gasteiger partial charge in [-0.1, -0.05) is 41.9 Å². The van der Waals surface area contributed by atoms with Gasteiger partial charge in [0.1, 0.15) is 18.5 Å². The molecule has 3 nitrogen and oxygen atoms in total. The highest BCUT2D eigenvalue weighted by molar-refractivity contribution is 6.32. The minimum Gasteiger partial charge on any atom is -0.253 e. The number of nitrogens with zero attached hydrogens (tertiary/aromatic N) is 3. The predicted octanol–water partition coefficient (Wildman–Crippen LogP) is 4.70. The van der Waals surface area contributed by atoms with Gasteiger partial charge >= 0.3 is 0 Å². The lowest BCUT2D eigenvalue weighted by molar-refractivity contribution is 0.624. The lowest BCUT2D eigenvalue weighted by Gasteiger charge is -2.09. The molecule has 0 aliphatic rings. The molecular weight excluding hydrogens is 313 g/mol. The second-order valence-electron chi connectivity index (χ2n) is 5.11. The van der Waals surface area contributed by atoms with Gasteiger partial charge in [-0.3, -0.25) is 4.68 Å². The summed E-state index contributed by atoms with van der Waals surface area (Å²) in [6.07, 6.45) is 5.96. The molecule has 0 bridgehead atoms. The van der Waals surface area contributed by atoms with Crippen LogP contribution in [0.3, 0.4) is 0 Å². The Labute approximate surface area is 139 Å². The summed E-state index contributed by atoms with van der Waals surface area (Å²) < 4.78 is 15.0. The van der Waals surface area contributed by atoms with Gasteiger partial charge in [0.25, 0.3) is 0 Å². The Hall–Kier alpha value is -2.46. The summed E-state index contributed by atoms with van der Waals surface area (Å²) in [5.41, 5.74) is 2.96. The van der Waals surface area contributed by atoms with Gasteiger partial charge in [0.05, 0.1) is 0 Å². The molecule has 0 saturated heterocycles. The van der Waals surface area contributed by atoms with E-state index in [2.05, 4.69) is 10.1 Å². The van der Waals surface area contributed by atoms with Crippen LogP contribution in [0, 0.1) is 5.82 Å². The molecule has 0 amide bonds. The third-order valence-corrected chi connectivity index (χ3v) is 3.87. The Morgan fingerprint density at radius 1 is 1.13 bits per heavy atom. The number of aryl methyl sites for hydroxylation is 1. The Bertz CT molecular complexity index is 795. The summed E-state index contributed by atoms with van der Waals surface area (Å²) >= 11 is 6.25. The highest BCUT2D eigenvalue weighted by Gasteiger charge is 2.06. The molecular formula is C18H15ClFN3. The van der Waals surface area contributed by atoms with E-state index < -0.39 is 0 Å². The molecule has 0 fully saturated rings. The van der Waals surface area contributed by atoms with Crippen LogP contribution in [0.1, 0.15) is 17.5 Å². The van der Waals surface area contributed by atoms with Crippen molar-refractivity contribution < 1.29 is 4.39 Å². The number of rotatable bonds is 5. The molecule has 0 unspecified atom stereocenters. The van der Waals surface area contributed by atoms with Gasteiger partial charge in [0.2, 0.25) is 0 Å². The first-order valence-corrected chi connectivity index (χ1v) is 7.63. The van der Waals surface area contributed by atoms with Crippen molar-refractivity contribution in [3.05, 3.63) is 83.2 Å². The van der Waals surface area contributed by atoms with E-state index in [4.69, 9.17) is 11.6 Å². The molecule has 0 saturated carbocycles. The normalized spacial score (nSPS) is 11.7. The molecule has 0 aliphatic carbocycles. The topological polar surface area (TPSA) is 30.7 Å². The fourth-order valence-electron chi connectivity index (χ4n) is 2.33. The van der Waals surface area contributed by atoms with Crippen LogP contribution in [0.5, 0.6) is 0 Å². The second-order valence-corrected chi connectivity index (χ2v) is 5.51. The smallest absolute Gasteiger partial charge is 0.137 e. The van der Waals surface area contributed by atoms with E-state index in [1.54, 1.807) is 23.1 Å². The van der Waals surface area contributed by atoms with Crippen molar-refractivity contribution in [2.45, 2.75) is 13.0 Å². The van der Waals surface area contributed by atoms with Gasteiger partial charge in [-0.15, -0.1) is 0 Å². The fraction of sp³-hybridized carbons (Fsp3) is 0.111. The zero-order valence-corrected chi connectivity index (χ0v) is 13.1. The quantitative estimate of drug-likeness (QED) is 0.636. The Morgan fingerprint density at radius 3 is 2.61 bits per heavy atom. The molecule has 0 radical (unpaired) electrons. The highest BCUT2D eigenvalue weighted by Crippen LogP contribution is 2.26. The van der Waals surface area contributed by atoms with Crippen molar-refractivity contribution in [2.75, 3.05) is 0 Å². The lowest BCUT2D eigenvalue weighted by Crippen LogP contribution is -2.00. The summed E-state index contributed by atoms with van der Waals surface area (Å²) in [6, 6.07) is 14.1. The van der Waals surface area contributed by atoms with E-state index >= 15 is 0 Å². The van der Waals surface area contributed by atoms with Crippen molar-refractivity contribution >= 4 is 23.3 Å². The first-order chi connectivity index (χ1) is 11.2. The monoisotopic (exact) mass is 327 g/mol. The SMILES string of the molecule is Fc1ccc(/C(=C/c2ccccc2Cl)CCn2cncn2)cc1. The maximum absolute atomic E-state index is 13.2. The van der Waals surface area contributed by atoms with Crippen LogP contribution >= 0.6 is 11.6 Å². The zero-order chi connectivity index (χ0) is 16.1. The van der Waals surface area contributed by atoms with E-state index in [9.17, 15) is 4.39 Å². The van der Waals surface area contributed by atoms with Crippen LogP contribution in [-0.4, -0.2) is 14.8 Å². The number of halogens is 2. The molecule has 23 heavy (non-hydrogen) atoms. The van der Waals surface area contributed by atoms with E-state index in [1.165, 1.54) is 18.5 Å². The maximum atomic E-state index is 13.2. The van der Waals surface area contributed by atoms with Crippen LogP contribution in [0.2, 0.25) is 5.02 Å². The van der Waals surface area contributed by atoms with Crippen LogP contribution in [0.15, 0.2) is 61.2 Å². The lowest BCUT2D eigenvalue weighted by atomic mass is 10.00. The average molecular weight is 328 g/mol. The highest BCUT2D eigenvalue weighted by atomic mass is 35.5. The van der Waals surface area contributed by atoms with Crippen LogP contribution < -0.4 is 0 Å². The molecule has 5 heteroatoms. The van der Waals surface area contributed by atoms with E-state index in [-0.39, 0.29) is 5.82 Å². The summed E-state index contributed by atoms with van der Waals surface area (Å²) in [5.74, 6) is -0.248. The zero-order valence-electron chi connectivity index (χ0n) is 12.4. The van der Waals surface area contributed by atoms with Crippen LogP contribution in [0.25, 0.3) is 11.6 Å². The second kappa shape index (κ2) is 7.20. The maximum Gasteiger partial charge on any atom is 0.137 e. The van der Waals surface area contributed by atoms with Gasteiger partial charge in [0.15, 0.2) is 0 Å². The first kappa shape index (κ1) is 15.4. The first-order valence-electron chi connectivity index (χ1n) is 7.26. The average Bonchev–Trinajstić information content (AvgIpc) is 3.07. The summed E-state index contributed by atoms with van der Waals surface area (Å²) in [6.45, 7) is 0.688. The number of aromatic nitrogens is 3. The molecule has 116 valence electrons. The van der Waals surface area contributed by atoms with Crippen molar-refractivity contribution in [1.82, 2.24) is 14.8 Å². The molecule has 0 atom stereocenters. The minimum absolute atomic E-state index is 0.248. The molecule has 1 heterocycles. The van der Waals surface area contributed by atoms with Crippen molar-refractivity contribution in [2.24, 2.45) is 0 Å². The molecule has 0 spiro atoms. The van der Waals surface area contributed by atoms with E-state index in [0.717, 1.165) is 23.1 Å². The number of benzene rings is 2. The number of allylic oxidation sites excluding steroid dienone is 1. The summed E-state index contributed by atoms with van der Waals surface area (Å²) in [7, 11) is 0. The van der Waals surface area contributed by atoms with Crippen LogP contribution in [0.4, 0.5) is 4.39 Å². The summed E-state index contributed by atoms with van der Waals surface area (Å²) in [5, 5.41) is 4.80. The third-order valence-electron chi connectivity index (χ3n) is 3.53. The van der Waals surface area contributed by atoms with Crippen LogP contribution in [-0.2, 0) is 6.54 Å². The minimum atomic E-state index is -0.248. The van der Waals surface area contributed by atoms with E-state index in [0.29, 0.717) is 11.6 Å². The Kier molecular flexibility index (Phi) is 4.83. The van der Waals surface area contributed by atoms with E-state index in [1.807, 2.05) is 30.3 Å². The standard InChI is InChI=1S/C18H15ClFN3/c19-18-4-2-1-3-16(18)11-15(9-10-23-13-21-12-22-23)14-5-7-17(20)8-6-14/h1-8,11-13H,9-10H2/b15-11+. The van der Waals surface area contributed by atoms with Crippen molar-refractivity contribution in [3.63, 3.8) is 0 Å². The number of hydrogen-bond acceptors (Lipinski definition) is 2. The van der Waals surface area contributed by atoms with Gasteiger partial charge in [-0.05, 0) is 47.4 Å². The third kappa shape index (κ3) is 4.05. The molecule has 1 aromatic heterocycles. The predicted molar refractivity (Wildman–Crippen MR) is 90.4 cm³/mol. The molecule has 3 rings (SSSR count). The molecule has 3 aromatic rings. The van der Waals surface area contributed by atoms with Gasteiger partial charge in [-0.25, -0.2) is 9.37 Å². The fourth-order valence-corrected chi connectivity index (χ4v) is 2.52. The van der Waals surface area contributed by atoms with Crippen molar-refractivity contribution in [3.8, 4) is 0 Å². The van der Waals surface area contributed by atoms with Crippen molar-refractivity contribution in [1.29, 1.82) is 0 Å². The number of hydrogen-bond donors (Lipinski definition) is 0. The molecule has 2 aromatic carbocycles. The Balaban J connectivity index is 1.92. The Morgan fingerprint density at radius 2 is 1.91 bits per heavy atom. The van der Waals surface area contributed by atoms with Gasteiger partial charge < -0.3 is 0 Å². The largest absolute Gasteiger partial charge is 0.253 e. The van der Waals surface area contributed by atoms with Gasteiger partial charge in [0, 0.05) is 11.6 Å². The summed E-state index contributed by atoms with van der Waals surface area (Å²) in [4.78, 5) is 3.94. The molecule has 0 aliphatic heterocycles.